The molecule has 1 aromatic heterocycles. The van der Waals surface area contributed by atoms with Crippen molar-refractivity contribution in [3.05, 3.63) is 41.5 Å². The fourth-order valence-electron chi connectivity index (χ4n) is 4.60. The quantitative estimate of drug-likeness (QED) is 0.626. The maximum atomic E-state index is 13.4. The maximum Gasteiger partial charge on any atom is 0.253 e. The molecule has 1 saturated carbocycles. The molecule has 7 nitrogen and oxygen atoms in total. The molecule has 1 atom stereocenters. The number of hydrogen-bond donors (Lipinski definition) is 1. The van der Waals surface area contributed by atoms with Crippen LogP contribution in [0, 0.1) is 12.8 Å². The maximum absolute atomic E-state index is 13.4. The fraction of sp³-hybridized carbons (Fsp3) is 0.500. The number of pyridine rings is 1. The molecule has 182 valence electrons. The van der Waals surface area contributed by atoms with Crippen molar-refractivity contribution in [1.82, 2.24) is 14.8 Å². The summed E-state index contributed by atoms with van der Waals surface area (Å²) >= 11 is 1.42. The van der Waals surface area contributed by atoms with Gasteiger partial charge in [0.15, 0.2) is 5.82 Å². The summed E-state index contributed by atoms with van der Waals surface area (Å²) in [5.74, 6) is -2.54. The number of carbonyl (C=O) groups is 1. The van der Waals surface area contributed by atoms with Gasteiger partial charge in [0.2, 0.25) is 5.91 Å². The van der Waals surface area contributed by atoms with Crippen LogP contribution in [0.5, 0.6) is 0 Å². The van der Waals surface area contributed by atoms with Crippen molar-refractivity contribution in [2.24, 2.45) is 5.92 Å². The van der Waals surface area contributed by atoms with Crippen LogP contribution in [0.4, 0.5) is 20.3 Å². The number of aliphatic hydroxyl groups excluding tert-OH is 1. The van der Waals surface area contributed by atoms with Gasteiger partial charge in [0, 0.05) is 64.2 Å². The third-order valence-corrected chi connectivity index (χ3v) is 7.79. The number of aromatic nitrogens is 1. The van der Waals surface area contributed by atoms with E-state index >= 15 is 0 Å². The molecule has 3 heterocycles. The van der Waals surface area contributed by atoms with Gasteiger partial charge in [0.1, 0.15) is 6.61 Å². The molecule has 1 amide bonds. The molecule has 1 aliphatic carbocycles. The van der Waals surface area contributed by atoms with Crippen LogP contribution in [0.2, 0.25) is 0 Å². The van der Waals surface area contributed by atoms with E-state index < -0.39 is 18.4 Å². The summed E-state index contributed by atoms with van der Waals surface area (Å²) in [5, 5.41) is 9.06. The second kappa shape index (κ2) is 8.98. The van der Waals surface area contributed by atoms with Crippen LogP contribution >= 0.6 is 12.1 Å². The van der Waals surface area contributed by atoms with E-state index in [2.05, 4.69) is 30.0 Å². The highest BCUT2D eigenvalue weighted by Crippen LogP contribution is 2.52. The zero-order valence-electron chi connectivity index (χ0n) is 19.4. The number of amides is 1. The summed E-state index contributed by atoms with van der Waals surface area (Å²) in [6, 6.07) is 10.3. The molecular formula is C24H29F2N5O2S. The van der Waals surface area contributed by atoms with E-state index in [0.717, 1.165) is 48.0 Å². The first-order valence-electron chi connectivity index (χ1n) is 11.5. The van der Waals surface area contributed by atoms with Gasteiger partial charge in [0.25, 0.3) is 5.92 Å². The van der Waals surface area contributed by atoms with E-state index in [4.69, 9.17) is 10.1 Å². The minimum atomic E-state index is -2.53. The van der Waals surface area contributed by atoms with Crippen molar-refractivity contribution in [2.45, 2.75) is 25.8 Å². The number of fused-ring (bicyclic) bond motifs is 1. The molecule has 1 saturated heterocycles. The standard InChI is InChI=1S/C24H29F2N5O2S/c1-16-3-4-17(13-29-7-9-30(10-8-29)22(33)15-32)11-19(16)20-5-6-21-23(27-20)28(2)34-31(21)14-18-12-24(18,25)26/h3-6,11,18,32H,7-10,12-15H2,1-2H3. The number of halogens is 2. The highest BCUT2D eigenvalue weighted by Gasteiger charge is 2.57. The summed E-state index contributed by atoms with van der Waals surface area (Å²) < 4.78 is 30.7. The molecule has 0 radical (unpaired) electrons. The molecule has 0 spiro atoms. The highest BCUT2D eigenvalue weighted by molar-refractivity contribution is 8.02. The topological polar surface area (TPSA) is 63.2 Å². The lowest BCUT2D eigenvalue weighted by atomic mass is 10.0. The summed E-state index contributed by atoms with van der Waals surface area (Å²) in [6.07, 6.45) is -0.0343. The van der Waals surface area contributed by atoms with Crippen LogP contribution in [-0.4, -0.2) is 78.1 Å². The first-order chi connectivity index (χ1) is 16.2. The Bertz CT molecular complexity index is 1090. The molecule has 34 heavy (non-hydrogen) atoms. The first kappa shape index (κ1) is 23.3. The lowest BCUT2D eigenvalue weighted by Gasteiger charge is -2.34. The Kier molecular flexibility index (Phi) is 6.16. The highest BCUT2D eigenvalue weighted by atomic mass is 32.2. The van der Waals surface area contributed by atoms with Gasteiger partial charge < -0.3 is 10.0 Å². The molecule has 2 aromatic rings. The van der Waals surface area contributed by atoms with Gasteiger partial charge in [-0.05, 0) is 36.2 Å². The fourth-order valence-corrected chi connectivity index (χ4v) is 5.59. The van der Waals surface area contributed by atoms with Gasteiger partial charge in [-0.3, -0.25) is 18.3 Å². The smallest absolute Gasteiger partial charge is 0.253 e. The van der Waals surface area contributed by atoms with Crippen molar-refractivity contribution in [2.75, 3.05) is 55.0 Å². The second-order valence-electron chi connectivity index (χ2n) is 9.31. The Hall–Kier alpha value is -2.43. The number of alkyl halides is 2. The zero-order chi connectivity index (χ0) is 24.0. The van der Waals surface area contributed by atoms with Crippen LogP contribution in [0.25, 0.3) is 11.3 Å². The van der Waals surface area contributed by atoms with E-state index in [1.54, 1.807) is 4.90 Å². The third-order valence-electron chi connectivity index (χ3n) is 6.83. The van der Waals surface area contributed by atoms with Gasteiger partial charge in [0.05, 0.1) is 23.5 Å². The van der Waals surface area contributed by atoms with Gasteiger partial charge in [-0.25, -0.2) is 13.8 Å². The average Bonchev–Trinajstić information content (AvgIpc) is 3.31. The van der Waals surface area contributed by atoms with E-state index in [1.807, 2.05) is 27.8 Å². The van der Waals surface area contributed by atoms with Crippen LogP contribution in [0.3, 0.4) is 0 Å². The van der Waals surface area contributed by atoms with E-state index in [0.29, 0.717) is 19.6 Å². The van der Waals surface area contributed by atoms with Crippen molar-refractivity contribution in [3.8, 4) is 11.3 Å². The molecule has 1 unspecified atom stereocenters. The second-order valence-corrected chi connectivity index (χ2v) is 10.5. The van der Waals surface area contributed by atoms with Gasteiger partial charge >= 0.3 is 0 Å². The van der Waals surface area contributed by atoms with E-state index in [-0.39, 0.29) is 12.3 Å². The minimum Gasteiger partial charge on any atom is -0.387 e. The van der Waals surface area contributed by atoms with Gasteiger partial charge in [-0.15, -0.1) is 0 Å². The number of aliphatic hydroxyl groups is 1. The van der Waals surface area contributed by atoms with Gasteiger partial charge in [-0.1, -0.05) is 12.1 Å². The predicted molar refractivity (Wildman–Crippen MR) is 130 cm³/mol. The normalized spacial score (nSPS) is 21.7. The van der Waals surface area contributed by atoms with Crippen molar-refractivity contribution in [1.29, 1.82) is 0 Å². The largest absolute Gasteiger partial charge is 0.387 e. The molecule has 5 rings (SSSR count). The molecule has 0 bridgehead atoms. The van der Waals surface area contributed by atoms with Crippen LogP contribution in [0.15, 0.2) is 30.3 Å². The van der Waals surface area contributed by atoms with E-state index in [9.17, 15) is 13.6 Å². The number of anilines is 2. The SMILES string of the molecule is Cc1ccc(CN2CCN(C(=O)CO)CC2)cc1-c1ccc2c(n1)N(C)SN2CC1CC1(F)F. The van der Waals surface area contributed by atoms with Crippen molar-refractivity contribution >= 4 is 29.5 Å². The Balaban J connectivity index is 1.30. The average molecular weight is 490 g/mol. The monoisotopic (exact) mass is 489 g/mol. The van der Waals surface area contributed by atoms with E-state index in [1.165, 1.54) is 17.7 Å². The molecule has 2 aliphatic heterocycles. The predicted octanol–water partition coefficient (Wildman–Crippen LogP) is 3.17. The van der Waals surface area contributed by atoms with Crippen LogP contribution in [-0.2, 0) is 11.3 Å². The number of carbonyl (C=O) groups excluding carboxylic acids is 1. The molecular weight excluding hydrogens is 460 g/mol. The summed E-state index contributed by atoms with van der Waals surface area (Å²) in [4.78, 5) is 20.6. The number of benzene rings is 1. The molecule has 2 fully saturated rings. The Morgan fingerprint density at radius 3 is 2.62 bits per heavy atom. The molecule has 3 aliphatic rings. The van der Waals surface area contributed by atoms with Crippen LogP contribution in [0.1, 0.15) is 17.5 Å². The zero-order valence-corrected chi connectivity index (χ0v) is 20.2. The number of aryl methyl sites for hydroxylation is 1. The van der Waals surface area contributed by atoms with Crippen molar-refractivity contribution in [3.63, 3.8) is 0 Å². The van der Waals surface area contributed by atoms with Crippen molar-refractivity contribution < 1.29 is 18.7 Å². The number of rotatable bonds is 6. The lowest BCUT2D eigenvalue weighted by Crippen LogP contribution is -2.49. The Morgan fingerprint density at radius 1 is 1.21 bits per heavy atom. The van der Waals surface area contributed by atoms with Gasteiger partial charge in [-0.2, -0.15) is 0 Å². The van der Waals surface area contributed by atoms with Crippen LogP contribution < -0.4 is 8.61 Å². The minimum absolute atomic E-state index is 0.0343. The summed E-state index contributed by atoms with van der Waals surface area (Å²) in [6.45, 7) is 5.50. The summed E-state index contributed by atoms with van der Waals surface area (Å²) in [5.41, 5.74) is 5.09. The number of piperazine rings is 1. The lowest BCUT2D eigenvalue weighted by molar-refractivity contribution is -0.135. The Morgan fingerprint density at radius 2 is 1.94 bits per heavy atom. The number of hydrogen-bond acceptors (Lipinski definition) is 7. The molecule has 10 heteroatoms. The third kappa shape index (κ3) is 4.58. The first-order valence-corrected chi connectivity index (χ1v) is 12.3. The molecule has 1 aromatic carbocycles. The number of nitrogens with zero attached hydrogens (tertiary/aromatic N) is 5. The Labute approximate surface area is 202 Å². The summed E-state index contributed by atoms with van der Waals surface area (Å²) in [7, 11) is 1.91. The molecule has 1 N–H and O–H groups in total.